The Morgan fingerprint density at radius 2 is 1.94 bits per heavy atom. The molecule has 0 aromatic heterocycles. The van der Waals surface area contributed by atoms with E-state index < -0.39 is 0 Å². The average molecular weight is 270 g/mol. The Labute approximate surface area is 113 Å². The number of hydrogen-bond acceptors (Lipinski definition) is 4. The summed E-state index contributed by atoms with van der Waals surface area (Å²) in [6.07, 6.45) is 1.07. The molecular formula is C13H22N2O2S. The zero-order valence-electron chi connectivity index (χ0n) is 11.3. The molecule has 2 saturated heterocycles. The molecule has 4 nitrogen and oxygen atoms in total. The van der Waals surface area contributed by atoms with Crippen LogP contribution in [0.1, 0.15) is 26.7 Å². The first-order valence-corrected chi connectivity index (χ1v) is 7.61. The van der Waals surface area contributed by atoms with Crippen LogP contribution in [0.5, 0.6) is 0 Å². The molecule has 0 atom stereocenters. The largest absolute Gasteiger partial charge is 0.341 e. The third kappa shape index (κ3) is 3.72. The minimum atomic E-state index is 0.185. The van der Waals surface area contributed by atoms with E-state index in [9.17, 15) is 9.59 Å². The number of carbonyl (C=O) groups is 2. The van der Waals surface area contributed by atoms with Crippen LogP contribution >= 0.6 is 11.8 Å². The van der Waals surface area contributed by atoms with E-state index in [0.717, 1.165) is 18.8 Å². The van der Waals surface area contributed by atoms with Crippen molar-refractivity contribution in [2.45, 2.75) is 31.4 Å². The van der Waals surface area contributed by atoms with Gasteiger partial charge in [0.15, 0.2) is 0 Å². The Hall–Kier alpha value is -0.550. The van der Waals surface area contributed by atoms with Crippen molar-refractivity contribution in [1.29, 1.82) is 0 Å². The summed E-state index contributed by atoms with van der Waals surface area (Å²) in [4.78, 5) is 27.4. The number of thioether (sulfide) groups is 1. The lowest BCUT2D eigenvalue weighted by Crippen LogP contribution is -2.49. The van der Waals surface area contributed by atoms with Gasteiger partial charge in [-0.2, -0.15) is 11.8 Å². The lowest BCUT2D eigenvalue weighted by atomic mass is 10.1. The predicted octanol–water partition coefficient (Wildman–Crippen LogP) is 1.01. The number of rotatable bonds is 2. The minimum Gasteiger partial charge on any atom is -0.341 e. The number of carbonyl (C=O) groups excluding carboxylic acids is 2. The summed E-state index contributed by atoms with van der Waals surface area (Å²) < 4.78 is 0.246. The molecule has 0 aromatic rings. The fourth-order valence-corrected chi connectivity index (χ4v) is 3.72. The number of ketones is 1. The summed E-state index contributed by atoms with van der Waals surface area (Å²) >= 11 is 1.98. The highest BCUT2D eigenvalue weighted by atomic mass is 32.2. The van der Waals surface area contributed by atoms with E-state index in [4.69, 9.17) is 0 Å². The monoisotopic (exact) mass is 270 g/mol. The van der Waals surface area contributed by atoms with Crippen LogP contribution in [0.2, 0.25) is 0 Å². The van der Waals surface area contributed by atoms with Crippen LogP contribution < -0.4 is 0 Å². The second-order valence-corrected chi connectivity index (χ2v) is 7.54. The molecule has 0 aromatic carbocycles. The second-order valence-electron chi connectivity index (χ2n) is 5.74. The maximum Gasteiger partial charge on any atom is 0.236 e. The smallest absolute Gasteiger partial charge is 0.236 e. The van der Waals surface area contributed by atoms with Gasteiger partial charge in [-0.15, -0.1) is 0 Å². The van der Waals surface area contributed by atoms with Crippen molar-refractivity contribution < 1.29 is 9.59 Å². The van der Waals surface area contributed by atoms with Gasteiger partial charge in [-0.3, -0.25) is 14.5 Å². The van der Waals surface area contributed by atoms with Gasteiger partial charge in [-0.1, -0.05) is 0 Å². The molecule has 0 N–H and O–H groups in total. The van der Waals surface area contributed by atoms with Crippen molar-refractivity contribution in [2.24, 2.45) is 0 Å². The summed E-state index contributed by atoms with van der Waals surface area (Å²) in [6.45, 7) is 8.16. The fraction of sp³-hybridized carbons (Fsp3) is 0.846. The van der Waals surface area contributed by atoms with E-state index in [1.165, 1.54) is 0 Å². The molecule has 0 radical (unpaired) electrons. The molecule has 0 bridgehead atoms. The minimum absolute atomic E-state index is 0.185. The fourth-order valence-electron chi connectivity index (χ4n) is 2.55. The Morgan fingerprint density at radius 3 is 2.56 bits per heavy atom. The maximum atomic E-state index is 12.2. The molecule has 102 valence electrons. The van der Waals surface area contributed by atoms with Gasteiger partial charge < -0.3 is 4.90 Å². The summed E-state index contributed by atoms with van der Waals surface area (Å²) in [7, 11) is 0. The number of hydrogen-bond donors (Lipinski definition) is 0. The molecule has 1 amide bonds. The van der Waals surface area contributed by atoms with Gasteiger partial charge in [0.1, 0.15) is 5.78 Å². The average Bonchev–Trinajstić information content (AvgIpc) is 2.28. The van der Waals surface area contributed by atoms with E-state index >= 15 is 0 Å². The van der Waals surface area contributed by atoms with E-state index in [-0.39, 0.29) is 16.4 Å². The maximum absolute atomic E-state index is 12.2. The van der Waals surface area contributed by atoms with Gasteiger partial charge in [0.2, 0.25) is 5.91 Å². The standard InChI is InChI=1S/C13H22N2O2S/c1-13(2)10-14(7-8-18-13)9-12(17)15-5-3-11(16)4-6-15/h3-10H2,1-2H3. The number of likely N-dealkylation sites (tertiary alicyclic amines) is 1. The van der Waals surface area contributed by atoms with Gasteiger partial charge >= 0.3 is 0 Å². The molecule has 18 heavy (non-hydrogen) atoms. The number of piperidine rings is 1. The van der Waals surface area contributed by atoms with Crippen molar-refractivity contribution in [1.82, 2.24) is 9.80 Å². The van der Waals surface area contributed by atoms with Crippen LogP contribution in [-0.2, 0) is 9.59 Å². The van der Waals surface area contributed by atoms with Crippen molar-refractivity contribution in [2.75, 3.05) is 38.5 Å². The third-order valence-electron chi connectivity index (χ3n) is 3.54. The molecule has 0 aliphatic carbocycles. The summed E-state index contributed by atoms with van der Waals surface area (Å²) in [5.74, 6) is 1.57. The molecule has 0 saturated carbocycles. The van der Waals surface area contributed by atoms with Crippen LogP contribution in [-0.4, -0.2) is 64.7 Å². The second kappa shape index (κ2) is 5.61. The summed E-state index contributed by atoms with van der Waals surface area (Å²) in [5.41, 5.74) is 0. The first-order chi connectivity index (χ1) is 8.46. The molecule has 2 heterocycles. The van der Waals surface area contributed by atoms with Gasteiger partial charge in [0.05, 0.1) is 6.54 Å². The highest BCUT2D eigenvalue weighted by molar-refractivity contribution is 8.00. The molecule has 5 heteroatoms. The summed E-state index contributed by atoms with van der Waals surface area (Å²) in [5, 5.41) is 0. The number of amides is 1. The molecule has 2 aliphatic heterocycles. The molecular weight excluding hydrogens is 248 g/mol. The van der Waals surface area contributed by atoms with Crippen molar-refractivity contribution in [3.63, 3.8) is 0 Å². The van der Waals surface area contributed by atoms with Crippen molar-refractivity contribution in [3.8, 4) is 0 Å². The lowest BCUT2D eigenvalue weighted by molar-refractivity contribution is -0.135. The van der Waals surface area contributed by atoms with Crippen LogP contribution in [0, 0.1) is 0 Å². The van der Waals surface area contributed by atoms with E-state index in [1.54, 1.807) is 0 Å². The number of nitrogens with zero attached hydrogens (tertiary/aromatic N) is 2. The van der Waals surface area contributed by atoms with Crippen LogP contribution in [0.25, 0.3) is 0 Å². The Kier molecular flexibility index (Phi) is 4.33. The van der Waals surface area contributed by atoms with Crippen LogP contribution in [0.4, 0.5) is 0 Å². The Morgan fingerprint density at radius 1 is 1.28 bits per heavy atom. The Bertz CT molecular complexity index is 334. The van der Waals surface area contributed by atoms with Crippen molar-refractivity contribution >= 4 is 23.5 Å². The number of Topliss-reactive ketones (excluding diaryl/α,β-unsaturated/α-hetero) is 1. The van der Waals surface area contributed by atoms with E-state index in [1.807, 2.05) is 16.7 Å². The highest BCUT2D eigenvalue weighted by Gasteiger charge is 2.29. The zero-order valence-corrected chi connectivity index (χ0v) is 12.1. The van der Waals surface area contributed by atoms with E-state index in [0.29, 0.717) is 32.5 Å². The SMILES string of the molecule is CC1(C)CN(CC(=O)N2CCC(=O)CC2)CCS1. The molecule has 0 spiro atoms. The first-order valence-electron chi connectivity index (χ1n) is 6.62. The van der Waals surface area contributed by atoms with E-state index in [2.05, 4.69) is 18.7 Å². The predicted molar refractivity (Wildman–Crippen MR) is 73.8 cm³/mol. The zero-order chi connectivity index (χ0) is 13.2. The van der Waals surface area contributed by atoms with Crippen LogP contribution in [0.15, 0.2) is 0 Å². The molecule has 0 unspecified atom stereocenters. The third-order valence-corrected chi connectivity index (χ3v) is 4.83. The molecule has 2 aliphatic rings. The van der Waals surface area contributed by atoms with Gasteiger partial charge in [-0.25, -0.2) is 0 Å². The lowest BCUT2D eigenvalue weighted by Gasteiger charge is -2.38. The highest BCUT2D eigenvalue weighted by Crippen LogP contribution is 2.29. The van der Waals surface area contributed by atoms with Gasteiger partial charge in [-0.05, 0) is 13.8 Å². The molecule has 2 rings (SSSR count). The summed E-state index contributed by atoms with van der Waals surface area (Å²) in [6, 6.07) is 0. The Balaban J connectivity index is 1.82. The van der Waals surface area contributed by atoms with Crippen molar-refractivity contribution in [3.05, 3.63) is 0 Å². The van der Waals surface area contributed by atoms with Gasteiger partial charge in [0, 0.05) is 49.5 Å². The van der Waals surface area contributed by atoms with Crippen LogP contribution in [0.3, 0.4) is 0 Å². The molecule has 2 fully saturated rings. The quantitative estimate of drug-likeness (QED) is 0.751. The first kappa shape index (κ1) is 13.9. The normalized spacial score (nSPS) is 25.2. The topological polar surface area (TPSA) is 40.6 Å². The van der Waals surface area contributed by atoms with Gasteiger partial charge in [0.25, 0.3) is 0 Å².